The topological polar surface area (TPSA) is 22.1 Å². The Balaban J connectivity index is 3.03. The smallest absolute Gasteiger partial charge is 0.192 e. The summed E-state index contributed by atoms with van der Waals surface area (Å²) in [4.78, 5) is 4.08. The van der Waals surface area contributed by atoms with Gasteiger partial charge in [0.05, 0.1) is 7.11 Å². The third-order valence-electron chi connectivity index (χ3n) is 1.41. The molecular weight excluding hydrogens is 158 g/mol. The summed E-state index contributed by atoms with van der Waals surface area (Å²) in [5, 5.41) is 0.496. The number of aromatic nitrogens is 1. The summed E-state index contributed by atoms with van der Waals surface area (Å²) in [6, 6.07) is 3.74. The molecule has 3 heteroatoms. The third-order valence-corrected chi connectivity index (χ3v) is 1.80. The van der Waals surface area contributed by atoms with E-state index < -0.39 is 0 Å². The normalized spacial score (nSPS) is 9.27. The van der Waals surface area contributed by atoms with Crippen molar-refractivity contribution in [2.24, 2.45) is 0 Å². The summed E-state index contributed by atoms with van der Waals surface area (Å²) in [6.45, 7) is 1.90. The van der Waals surface area contributed by atoms with Gasteiger partial charge in [0, 0.05) is 17.5 Å². The van der Waals surface area contributed by atoms with Gasteiger partial charge in [-0.3, -0.25) is 4.98 Å². The van der Waals surface area contributed by atoms with Crippen molar-refractivity contribution in [1.82, 2.24) is 4.98 Å². The van der Waals surface area contributed by atoms with Gasteiger partial charge in [0.1, 0.15) is 0 Å². The number of hydrogen-bond acceptors (Lipinski definition) is 3. The highest BCUT2D eigenvalue weighted by Gasteiger charge is 2.02. The second-order valence-corrected chi connectivity index (χ2v) is 2.50. The summed E-state index contributed by atoms with van der Waals surface area (Å²) in [7, 11) is 1.56. The van der Waals surface area contributed by atoms with Crippen LogP contribution in [-0.4, -0.2) is 17.1 Å². The Morgan fingerprint density at radius 3 is 2.91 bits per heavy atom. The second-order valence-electron chi connectivity index (χ2n) is 2.13. The molecule has 0 N–H and O–H groups in total. The fraction of sp³-hybridized carbons (Fsp3) is 0.250. The van der Waals surface area contributed by atoms with Crippen LogP contribution in [0.2, 0.25) is 0 Å². The van der Waals surface area contributed by atoms with E-state index in [2.05, 4.69) is 4.98 Å². The molecular formula is C8H9NOS. The van der Waals surface area contributed by atoms with Crippen LogP contribution in [0.25, 0.3) is 0 Å². The molecule has 0 amide bonds. The highest BCUT2D eigenvalue weighted by atomic mass is 32.1. The van der Waals surface area contributed by atoms with E-state index in [1.165, 1.54) is 0 Å². The molecule has 58 valence electrons. The number of aryl methyl sites for hydroxylation is 1. The SMILES string of the molecule is COC(=S)c1cccnc1C. The molecule has 0 radical (unpaired) electrons. The van der Waals surface area contributed by atoms with Gasteiger partial charge in [0.15, 0.2) is 5.05 Å². The van der Waals surface area contributed by atoms with E-state index in [0.717, 1.165) is 11.3 Å². The van der Waals surface area contributed by atoms with Gasteiger partial charge in [-0.05, 0) is 31.3 Å². The molecule has 0 unspecified atom stereocenters. The van der Waals surface area contributed by atoms with E-state index in [4.69, 9.17) is 17.0 Å². The minimum atomic E-state index is 0.496. The maximum atomic E-state index is 4.95. The molecule has 1 rings (SSSR count). The Morgan fingerprint density at radius 1 is 1.64 bits per heavy atom. The third kappa shape index (κ3) is 1.74. The molecule has 2 nitrogen and oxygen atoms in total. The monoisotopic (exact) mass is 167 g/mol. The molecule has 11 heavy (non-hydrogen) atoms. The Hall–Kier alpha value is -0.960. The van der Waals surface area contributed by atoms with Crippen molar-refractivity contribution in [3.63, 3.8) is 0 Å². The zero-order chi connectivity index (χ0) is 8.27. The molecule has 0 fully saturated rings. The molecule has 0 aliphatic heterocycles. The number of ether oxygens (including phenoxy) is 1. The minimum absolute atomic E-state index is 0.496. The largest absolute Gasteiger partial charge is 0.486 e. The van der Waals surface area contributed by atoms with Crippen molar-refractivity contribution in [2.75, 3.05) is 7.11 Å². The van der Waals surface area contributed by atoms with E-state index in [0.29, 0.717) is 5.05 Å². The van der Waals surface area contributed by atoms with Gasteiger partial charge in [-0.25, -0.2) is 0 Å². The van der Waals surface area contributed by atoms with Crippen LogP contribution in [0.1, 0.15) is 11.3 Å². The lowest BCUT2D eigenvalue weighted by molar-refractivity contribution is 0.415. The first kappa shape index (κ1) is 8.14. The van der Waals surface area contributed by atoms with E-state index in [1.807, 2.05) is 19.1 Å². The van der Waals surface area contributed by atoms with E-state index in [-0.39, 0.29) is 0 Å². The van der Waals surface area contributed by atoms with Gasteiger partial charge in [-0.15, -0.1) is 0 Å². The lowest BCUT2D eigenvalue weighted by Crippen LogP contribution is -2.02. The van der Waals surface area contributed by atoms with Crippen LogP contribution in [0.3, 0.4) is 0 Å². The summed E-state index contributed by atoms with van der Waals surface area (Å²) in [6.07, 6.45) is 1.73. The molecule has 0 bridgehead atoms. The molecule has 0 aromatic carbocycles. The van der Waals surface area contributed by atoms with Gasteiger partial charge in [-0.2, -0.15) is 0 Å². The fourth-order valence-electron chi connectivity index (χ4n) is 0.810. The molecule has 0 spiro atoms. The van der Waals surface area contributed by atoms with Crippen LogP contribution in [0.15, 0.2) is 18.3 Å². The van der Waals surface area contributed by atoms with Crippen LogP contribution in [0.4, 0.5) is 0 Å². The molecule has 0 saturated heterocycles. The highest BCUT2D eigenvalue weighted by Crippen LogP contribution is 2.05. The van der Waals surface area contributed by atoms with Crippen LogP contribution in [0.5, 0.6) is 0 Å². The average molecular weight is 167 g/mol. The number of pyridine rings is 1. The maximum Gasteiger partial charge on any atom is 0.192 e. The first-order chi connectivity index (χ1) is 5.25. The predicted molar refractivity (Wildman–Crippen MR) is 47.7 cm³/mol. The molecule has 0 aliphatic carbocycles. The van der Waals surface area contributed by atoms with Crippen LogP contribution in [0, 0.1) is 6.92 Å². The molecule has 0 saturated carbocycles. The first-order valence-corrected chi connectivity index (χ1v) is 3.66. The molecule has 1 aromatic rings. The number of nitrogens with zero attached hydrogens (tertiary/aromatic N) is 1. The lowest BCUT2D eigenvalue weighted by Gasteiger charge is -2.03. The van der Waals surface area contributed by atoms with Gasteiger partial charge in [0.2, 0.25) is 0 Å². The number of rotatable bonds is 1. The number of methoxy groups -OCH3 is 1. The Labute approximate surface area is 71.2 Å². The maximum absolute atomic E-state index is 4.95. The lowest BCUT2D eigenvalue weighted by atomic mass is 10.2. The van der Waals surface area contributed by atoms with Crippen molar-refractivity contribution in [3.05, 3.63) is 29.6 Å². The van der Waals surface area contributed by atoms with Crippen LogP contribution >= 0.6 is 12.2 Å². The van der Waals surface area contributed by atoms with Crippen LogP contribution in [-0.2, 0) is 4.74 Å². The van der Waals surface area contributed by atoms with Crippen LogP contribution < -0.4 is 0 Å². The second kappa shape index (κ2) is 3.44. The standard InChI is InChI=1S/C8H9NOS/c1-6-7(8(11)10-2)4-3-5-9-6/h3-5H,1-2H3. The summed E-state index contributed by atoms with van der Waals surface area (Å²) < 4.78 is 4.91. The molecule has 0 atom stereocenters. The van der Waals surface area contributed by atoms with E-state index >= 15 is 0 Å². The Kier molecular flexibility index (Phi) is 2.54. The minimum Gasteiger partial charge on any atom is -0.486 e. The van der Waals surface area contributed by atoms with Gasteiger partial charge >= 0.3 is 0 Å². The van der Waals surface area contributed by atoms with Crippen molar-refractivity contribution >= 4 is 17.3 Å². The van der Waals surface area contributed by atoms with Gasteiger partial charge in [0.25, 0.3) is 0 Å². The highest BCUT2D eigenvalue weighted by molar-refractivity contribution is 7.80. The van der Waals surface area contributed by atoms with Gasteiger partial charge in [-0.1, -0.05) is 0 Å². The average Bonchev–Trinajstić information content (AvgIpc) is 2.04. The van der Waals surface area contributed by atoms with Gasteiger partial charge < -0.3 is 4.74 Å². The zero-order valence-electron chi connectivity index (χ0n) is 6.50. The zero-order valence-corrected chi connectivity index (χ0v) is 7.31. The predicted octanol–water partition coefficient (Wildman–Crippen LogP) is 1.71. The molecule has 1 heterocycles. The van der Waals surface area contributed by atoms with Crippen molar-refractivity contribution < 1.29 is 4.74 Å². The van der Waals surface area contributed by atoms with E-state index in [9.17, 15) is 0 Å². The van der Waals surface area contributed by atoms with Crippen molar-refractivity contribution in [2.45, 2.75) is 6.92 Å². The Bertz CT molecular complexity index is 273. The number of thiocarbonyl (C=S) groups is 1. The van der Waals surface area contributed by atoms with Crippen molar-refractivity contribution in [1.29, 1.82) is 0 Å². The quantitative estimate of drug-likeness (QED) is 0.594. The Morgan fingerprint density at radius 2 is 2.36 bits per heavy atom. The van der Waals surface area contributed by atoms with E-state index in [1.54, 1.807) is 13.3 Å². The first-order valence-electron chi connectivity index (χ1n) is 3.25. The molecule has 0 aliphatic rings. The van der Waals surface area contributed by atoms with Crippen molar-refractivity contribution in [3.8, 4) is 0 Å². The summed E-state index contributed by atoms with van der Waals surface area (Å²) in [5.41, 5.74) is 1.80. The number of hydrogen-bond donors (Lipinski definition) is 0. The summed E-state index contributed by atoms with van der Waals surface area (Å²) >= 11 is 4.95. The molecule has 1 aromatic heterocycles. The summed E-state index contributed by atoms with van der Waals surface area (Å²) in [5.74, 6) is 0. The fourth-order valence-corrected chi connectivity index (χ4v) is 1.03.